The SMILES string of the molecule is CCNC(=O)[C@H](CC)N(Cc1ccc(C)cc1)C(=O)CN(c1ccc(OC)c(OC)c1)S(C)(=O)=O. The normalized spacial score (nSPS) is 11.9. The van der Waals surface area contributed by atoms with E-state index in [9.17, 15) is 18.0 Å². The lowest BCUT2D eigenvalue weighted by atomic mass is 10.1. The molecule has 0 aromatic heterocycles. The summed E-state index contributed by atoms with van der Waals surface area (Å²) in [5.41, 5.74) is 2.16. The quantitative estimate of drug-likeness (QED) is 0.476. The van der Waals surface area contributed by atoms with Crippen molar-refractivity contribution in [3.63, 3.8) is 0 Å². The smallest absolute Gasteiger partial charge is 0.244 e. The molecule has 0 spiro atoms. The summed E-state index contributed by atoms with van der Waals surface area (Å²) in [5.74, 6) is -0.0213. The Bertz CT molecular complexity index is 1120. The van der Waals surface area contributed by atoms with Crippen LogP contribution in [0.2, 0.25) is 0 Å². The van der Waals surface area contributed by atoms with E-state index in [1.54, 1.807) is 19.1 Å². The molecule has 0 fully saturated rings. The van der Waals surface area contributed by atoms with Crippen molar-refractivity contribution >= 4 is 27.5 Å². The van der Waals surface area contributed by atoms with Crippen molar-refractivity contribution in [2.45, 2.75) is 39.8 Å². The van der Waals surface area contributed by atoms with E-state index in [0.717, 1.165) is 21.7 Å². The second kappa shape index (κ2) is 12.4. The second-order valence-corrected chi connectivity index (χ2v) is 10.0. The molecule has 0 unspecified atom stereocenters. The largest absolute Gasteiger partial charge is 0.493 e. The Morgan fingerprint density at radius 3 is 2.14 bits per heavy atom. The molecule has 0 saturated heterocycles. The highest BCUT2D eigenvalue weighted by Gasteiger charge is 2.31. The summed E-state index contributed by atoms with van der Waals surface area (Å²) in [7, 11) is -0.923. The van der Waals surface area contributed by atoms with Crippen LogP contribution in [0.4, 0.5) is 5.69 Å². The van der Waals surface area contributed by atoms with Crippen molar-refractivity contribution in [2.24, 2.45) is 0 Å². The lowest BCUT2D eigenvalue weighted by Crippen LogP contribution is -2.52. The van der Waals surface area contributed by atoms with Crippen molar-refractivity contribution < 1.29 is 27.5 Å². The van der Waals surface area contributed by atoms with Crippen LogP contribution in [0, 0.1) is 6.92 Å². The Kier molecular flexibility index (Phi) is 9.94. The van der Waals surface area contributed by atoms with Crippen molar-refractivity contribution in [1.29, 1.82) is 0 Å². The molecule has 0 heterocycles. The van der Waals surface area contributed by atoms with Crippen LogP contribution in [0.25, 0.3) is 0 Å². The molecule has 192 valence electrons. The average Bonchev–Trinajstić information content (AvgIpc) is 2.82. The Hall–Kier alpha value is -3.27. The summed E-state index contributed by atoms with van der Waals surface area (Å²) in [6.45, 7) is 5.69. The maximum atomic E-state index is 13.6. The van der Waals surface area contributed by atoms with Crippen LogP contribution < -0.4 is 19.1 Å². The van der Waals surface area contributed by atoms with Crippen LogP contribution >= 0.6 is 0 Å². The lowest BCUT2D eigenvalue weighted by molar-refractivity contribution is -0.140. The molecule has 0 aliphatic carbocycles. The molecule has 1 N–H and O–H groups in total. The molecule has 2 aromatic carbocycles. The minimum absolute atomic E-state index is 0.165. The number of benzene rings is 2. The highest BCUT2D eigenvalue weighted by atomic mass is 32.2. The predicted octanol–water partition coefficient (Wildman–Crippen LogP) is 2.72. The predicted molar refractivity (Wildman–Crippen MR) is 136 cm³/mol. The molecule has 0 aliphatic heterocycles. The van der Waals surface area contributed by atoms with Gasteiger partial charge in [0.2, 0.25) is 21.8 Å². The summed E-state index contributed by atoms with van der Waals surface area (Å²) >= 11 is 0. The van der Waals surface area contributed by atoms with Crippen LogP contribution in [0.3, 0.4) is 0 Å². The zero-order chi connectivity index (χ0) is 26.2. The maximum absolute atomic E-state index is 13.6. The van der Waals surface area contributed by atoms with Crippen LogP contribution in [0.15, 0.2) is 42.5 Å². The van der Waals surface area contributed by atoms with Crippen LogP contribution in [0.1, 0.15) is 31.4 Å². The minimum Gasteiger partial charge on any atom is -0.493 e. The number of sulfonamides is 1. The van der Waals surface area contributed by atoms with Crippen LogP contribution in [0.5, 0.6) is 11.5 Å². The molecule has 0 radical (unpaired) electrons. The number of rotatable bonds is 12. The first kappa shape index (κ1) is 28.0. The van der Waals surface area contributed by atoms with E-state index in [1.807, 2.05) is 38.1 Å². The fraction of sp³-hybridized carbons (Fsp3) is 0.440. The number of anilines is 1. The van der Waals surface area contributed by atoms with E-state index in [2.05, 4.69) is 5.32 Å². The van der Waals surface area contributed by atoms with Gasteiger partial charge < -0.3 is 19.7 Å². The van der Waals surface area contributed by atoms with Gasteiger partial charge in [0.25, 0.3) is 0 Å². The Morgan fingerprint density at radius 1 is 1.00 bits per heavy atom. The Morgan fingerprint density at radius 2 is 1.63 bits per heavy atom. The van der Waals surface area contributed by atoms with Gasteiger partial charge in [0, 0.05) is 19.2 Å². The highest BCUT2D eigenvalue weighted by molar-refractivity contribution is 7.92. The Balaban J connectivity index is 2.46. The third-order valence-corrected chi connectivity index (χ3v) is 6.69. The number of carbonyl (C=O) groups excluding carboxylic acids is 2. The zero-order valence-corrected chi connectivity index (χ0v) is 22.0. The molecule has 2 aromatic rings. The number of amides is 2. The van der Waals surface area contributed by atoms with Crippen LogP contribution in [-0.2, 0) is 26.2 Å². The van der Waals surface area contributed by atoms with E-state index in [-0.39, 0.29) is 18.1 Å². The first-order valence-electron chi connectivity index (χ1n) is 11.4. The van der Waals surface area contributed by atoms with E-state index in [1.165, 1.54) is 25.2 Å². The molecule has 9 nitrogen and oxygen atoms in total. The van der Waals surface area contributed by atoms with Gasteiger partial charge in [-0.2, -0.15) is 0 Å². The standard InChI is InChI=1S/C25H35N3O6S/c1-7-21(25(30)26-8-2)27(16-19-11-9-18(3)10-12-19)24(29)17-28(35(6,31)32)20-13-14-22(33-4)23(15-20)34-5/h9-15,21H,7-8,16-17H2,1-6H3,(H,26,30)/t21-/m0/s1. The molecular weight excluding hydrogens is 470 g/mol. The number of hydrogen-bond acceptors (Lipinski definition) is 6. The fourth-order valence-corrected chi connectivity index (χ4v) is 4.54. The molecule has 35 heavy (non-hydrogen) atoms. The summed E-state index contributed by atoms with van der Waals surface area (Å²) in [6.07, 6.45) is 1.40. The van der Waals surface area contributed by atoms with Crippen molar-refractivity contribution in [1.82, 2.24) is 10.2 Å². The molecule has 10 heteroatoms. The topological polar surface area (TPSA) is 105 Å². The maximum Gasteiger partial charge on any atom is 0.244 e. The first-order chi connectivity index (χ1) is 16.5. The van der Waals surface area contributed by atoms with Crippen molar-refractivity contribution in [3.8, 4) is 11.5 Å². The number of nitrogens with zero attached hydrogens (tertiary/aromatic N) is 2. The van der Waals surface area contributed by atoms with E-state index >= 15 is 0 Å². The van der Waals surface area contributed by atoms with Gasteiger partial charge >= 0.3 is 0 Å². The summed E-state index contributed by atoms with van der Waals surface area (Å²) in [5, 5.41) is 2.77. The number of likely N-dealkylation sites (N-methyl/N-ethyl adjacent to an activating group) is 1. The monoisotopic (exact) mass is 505 g/mol. The first-order valence-corrected chi connectivity index (χ1v) is 13.2. The molecular formula is C25H35N3O6S. The number of methoxy groups -OCH3 is 2. The molecule has 1 atom stereocenters. The third kappa shape index (κ3) is 7.35. The third-order valence-electron chi connectivity index (χ3n) is 5.54. The lowest BCUT2D eigenvalue weighted by Gasteiger charge is -2.33. The number of nitrogens with one attached hydrogen (secondary N) is 1. The van der Waals surface area contributed by atoms with Gasteiger partial charge in [-0.05, 0) is 38.0 Å². The average molecular weight is 506 g/mol. The number of ether oxygens (including phenoxy) is 2. The van der Waals surface area contributed by atoms with Crippen molar-refractivity contribution in [3.05, 3.63) is 53.6 Å². The van der Waals surface area contributed by atoms with Gasteiger partial charge in [-0.3, -0.25) is 13.9 Å². The summed E-state index contributed by atoms with van der Waals surface area (Å²) in [4.78, 5) is 27.9. The fourth-order valence-electron chi connectivity index (χ4n) is 3.70. The number of carbonyl (C=O) groups is 2. The molecule has 0 bridgehead atoms. The van der Waals surface area contributed by atoms with Gasteiger partial charge in [0.15, 0.2) is 11.5 Å². The zero-order valence-electron chi connectivity index (χ0n) is 21.2. The van der Waals surface area contributed by atoms with Crippen LogP contribution in [-0.4, -0.2) is 64.7 Å². The highest BCUT2D eigenvalue weighted by Crippen LogP contribution is 2.32. The van der Waals surface area contributed by atoms with Gasteiger partial charge in [-0.1, -0.05) is 36.8 Å². The molecule has 2 amide bonds. The minimum atomic E-state index is -3.84. The van der Waals surface area contributed by atoms with E-state index < -0.39 is 28.5 Å². The van der Waals surface area contributed by atoms with Gasteiger partial charge in [-0.25, -0.2) is 8.42 Å². The summed E-state index contributed by atoms with van der Waals surface area (Å²) in [6, 6.07) is 11.5. The second-order valence-electron chi connectivity index (χ2n) is 8.13. The van der Waals surface area contributed by atoms with E-state index in [4.69, 9.17) is 9.47 Å². The van der Waals surface area contributed by atoms with Gasteiger partial charge in [0.1, 0.15) is 12.6 Å². The summed E-state index contributed by atoms with van der Waals surface area (Å²) < 4.78 is 37.0. The Labute approximate surface area is 208 Å². The van der Waals surface area contributed by atoms with Gasteiger partial charge in [-0.15, -0.1) is 0 Å². The van der Waals surface area contributed by atoms with Gasteiger partial charge in [0.05, 0.1) is 26.2 Å². The number of hydrogen-bond donors (Lipinski definition) is 1. The molecule has 2 rings (SSSR count). The molecule has 0 saturated carbocycles. The number of aryl methyl sites for hydroxylation is 1. The van der Waals surface area contributed by atoms with Crippen molar-refractivity contribution in [2.75, 3.05) is 37.9 Å². The molecule has 0 aliphatic rings. The van der Waals surface area contributed by atoms with E-state index in [0.29, 0.717) is 24.5 Å².